The maximum atomic E-state index is 11.9. The molecule has 190 valence electrons. The van der Waals surface area contributed by atoms with Gasteiger partial charge in [-0.3, -0.25) is 9.59 Å². The van der Waals surface area contributed by atoms with Gasteiger partial charge < -0.3 is 21.7 Å². The smallest absolute Gasteiger partial charge is 0.260 e. The second-order valence-corrected chi connectivity index (χ2v) is 11.6. The van der Waals surface area contributed by atoms with E-state index in [1.807, 2.05) is 0 Å². The Labute approximate surface area is 203 Å². The van der Waals surface area contributed by atoms with Crippen LogP contribution in [-0.2, 0) is 9.59 Å². The molecule has 0 aromatic heterocycles. The van der Waals surface area contributed by atoms with E-state index in [9.17, 15) is 19.8 Å². The number of aliphatic hydroxyl groups is 2. The Morgan fingerprint density at radius 3 is 1.06 bits per heavy atom. The largest absolute Gasteiger partial charge is 0.370 e. The highest BCUT2D eigenvalue weighted by Gasteiger charge is 2.42. The van der Waals surface area contributed by atoms with Crippen LogP contribution in [0.15, 0.2) is 0 Å². The minimum atomic E-state index is -1.82. The van der Waals surface area contributed by atoms with Gasteiger partial charge in [0.05, 0.1) is 0 Å². The fraction of sp³-hybridized carbons (Fsp3) is 0.917. The standard InChI is InChI=1S/C24H48N2O4S2/c1-3-5-7-9-11-13-15-17-19-23(29,21(25)27)31-32-24(30,22(26)28)20-18-16-14-12-10-8-6-4-2/h29-30H,3-20H2,1-2H3,(H2,25,27)(H2,26,28). The Balaban J connectivity index is 4.38. The summed E-state index contributed by atoms with van der Waals surface area (Å²) in [6, 6.07) is 0. The molecular weight excluding hydrogens is 444 g/mol. The molecule has 0 saturated carbocycles. The summed E-state index contributed by atoms with van der Waals surface area (Å²) in [4.78, 5) is 20.1. The zero-order chi connectivity index (χ0) is 24.3. The average Bonchev–Trinajstić information content (AvgIpc) is 2.75. The summed E-state index contributed by atoms with van der Waals surface area (Å²) in [6.07, 6.45) is 17.8. The normalized spacial score (nSPS) is 15.2. The lowest BCUT2D eigenvalue weighted by molar-refractivity contribution is -0.129. The third-order valence-corrected chi connectivity index (χ3v) is 9.18. The van der Waals surface area contributed by atoms with Crippen molar-refractivity contribution >= 4 is 33.4 Å². The lowest BCUT2D eigenvalue weighted by atomic mass is 10.1. The predicted molar refractivity (Wildman–Crippen MR) is 138 cm³/mol. The molecule has 0 aromatic carbocycles. The number of amides is 2. The van der Waals surface area contributed by atoms with Gasteiger partial charge in [0.2, 0.25) is 0 Å². The second kappa shape index (κ2) is 18.9. The van der Waals surface area contributed by atoms with Crippen LogP contribution >= 0.6 is 21.6 Å². The van der Waals surface area contributed by atoms with E-state index in [0.717, 1.165) is 60.1 Å². The van der Waals surface area contributed by atoms with Crippen LogP contribution in [0.1, 0.15) is 129 Å². The fourth-order valence-electron chi connectivity index (χ4n) is 3.55. The van der Waals surface area contributed by atoms with Crippen LogP contribution in [0.5, 0.6) is 0 Å². The molecule has 6 nitrogen and oxygen atoms in total. The van der Waals surface area contributed by atoms with E-state index in [0.29, 0.717) is 12.8 Å². The van der Waals surface area contributed by atoms with Crippen LogP contribution in [0, 0.1) is 0 Å². The molecule has 8 heteroatoms. The molecule has 2 atom stereocenters. The van der Waals surface area contributed by atoms with Crippen molar-refractivity contribution < 1.29 is 19.8 Å². The zero-order valence-corrected chi connectivity index (χ0v) is 22.0. The lowest BCUT2D eigenvalue weighted by Crippen LogP contribution is -2.44. The number of primary amides is 2. The quantitative estimate of drug-likeness (QED) is 0.0813. The Kier molecular flexibility index (Phi) is 18.7. The number of hydrogen-bond donors (Lipinski definition) is 4. The molecule has 0 aliphatic rings. The minimum absolute atomic E-state index is 0.196. The number of carbonyl (C=O) groups excluding carboxylic acids is 2. The second-order valence-electron chi connectivity index (χ2n) is 8.91. The zero-order valence-electron chi connectivity index (χ0n) is 20.4. The Morgan fingerprint density at radius 2 is 0.812 bits per heavy atom. The maximum absolute atomic E-state index is 11.9. The molecule has 0 aliphatic heterocycles. The fourth-order valence-corrected chi connectivity index (χ4v) is 6.26. The van der Waals surface area contributed by atoms with Gasteiger partial charge in [-0.2, -0.15) is 0 Å². The molecule has 0 radical (unpaired) electrons. The van der Waals surface area contributed by atoms with Crippen molar-refractivity contribution in [2.24, 2.45) is 11.5 Å². The summed E-state index contributed by atoms with van der Waals surface area (Å²) < 4.78 is 0. The van der Waals surface area contributed by atoms with Gasteiger partial charge in [0.25, 0.3) is 11.8 Å². The Hall–Kier alpha value is -0.440. The molecule has 0 aromatic rings. The monoisotopic (exact) mass is 492 g/mol. The first-order valence-corrected chi connectivity index (χ1v) is 14.8. The molecule has 32 heavy (non-hydrogen) atoms. The van der Waals surface area contributed by atoms with Gasteiger partial charge >= 0.3 is 0 Å². The highest BCUT2D eigenvalue weighted by Crippen LogP contribution is 2.45. The lowest BCUT2D eigenvalue weighted by Gasteiger charge is -2.29. The molecule has 0 saturated heterocycles. The Bertz CT molecular complexity index is 466. The molecule has 0 aliphatic carbocycles. The van der Waals surface area contributed by atoms with E-state index in [-0.39, 0.29) is 12.8 Å². The van der Waals surface area contributed by atoms with E-state index >= 15 is 0 Å². The summed E-state index contributed by atoms with van der Waals surface area (Å²) in [5, 5.41) is 21.4. The number of rotatable bonds is 23. The van der Waals surface area contributed by atoms with E-state index in [1.165, 1.54) is 51.4 Å². The molecule has 0 fully saturated rings. The van der Waals surface area contributed by atoms with Gasteiger partial charge in [-0.05, 0) is 47.3 Å². The van der Waals surface area contributed by atoms with Gasteiger partial charge in [0.1, 0.15) is 0 Å². The maximum Gasteiger partial charge on any atom is 0.260 e. The molecule has 0 bridgehead atoms. The third-order valence-electron chi connectivity index (χ3n) is 5.83. The van der Waals surface area contributed by atoms with Gasteiger partial charge in [0.15, 0.2) is 9.87 Å². The van der Waals surface area contributed by atoms with Crippen molar-refractivity contribution in [1.82, 2.24) is 0 Å². The van der Waals surface area contributed by atoms with E-state index in [4.69, 9.17) is 11.5 Å². The first kappa shape index (κ1) is 31.6. The number of unbranched alkanes of at least 4 members (excludes halogenated alkanes) is 14. The minimum Gasteiger partial charge on any atom is -0.370 e. The summed E-state index contributed by atoms with van der Waals surface area (Å²) in [5.41, 5.74) is 10.9. The SMILES string of the molecule is CCCCCCCCCCC(O)(SSC(O)(CCCCCCCCCC)C(N)=O)C(N)=O. The van der Waals surface area contributed by atoms with Crippen molar-refractivity contribution in [3.8, 4) is 0 Å². The summed E-state index contributed by atoms with van der Waals surface area (Å²) in [6.45, 7) is 4.38. The van der Waals surface area contributed by atoms with Crippen molar-refractivity contribution in [2.75, 3.05) is 0 Å². The Morgan fingerprint density at radius 1 is 0.562 bits per heavy atom. The number of hydrogen-bond acceptors (Lipinski definition) is 6. The predicted octanol–water partition coefficient (Wildman–Crippen LogP) is 5.78. The first-order chi connectivity index (χ1) is 15.2. The van der Waals surface area contributed by atoms with Crippen molar-refractivity contribution in [1.29, 1.82) is 0 Å². The molecule has 0 rings (SSSR count). The van der Waals surface area contributed by atoms with Crippen LogP contribution in [0.4, 0.5) is 0 Å². The molecule has 0 heterocycles. The van der Waals surface area contributed by atoms with Gasteiger partial charge in [-0.1, -0.05) is 104 Å². The van der Waals surface area contributed by atoms with Crippen LogP contribution in [-0.4, -0.2) is 31.9 Å². The molecule has 2 amide bonds. The summed E-state index contributed by atoms with van der Waals surface area (Å²) >= 11 is 0. The van der Waals surface area contributed by atoms with Gasteiger partial charge in [-0.25, -0.2) is 0 Å². The molecular formula is C24H48N2O4S2. The highest BCUT2D eigenvalue weighted by atomic mass is 33.1. The van der Waals surface area contributed by atoms with Crippen molar-refractivity contribution in [2.45, 2.75) is 139 Å². The van der Waals surface area contributed by atoms with Gasteiger partial charge in [-0.15, -0.1) is 0 Å². The summed E-state index contributed by atoms with van der Waals surface area (Å²) in [7, 11) is 1.53. The van der Waals surface area contributed by atoms with Crippen molar-refractivity contribution in [3.05, 3.63) is 0 Å². The van der Waals surface area contributed by atoms with E-state index < -0.39 is 21.7 Å². The van der Waals surface area contributed by atoms with Gasteiger partial charge in [0, 0.05) is 0 Å². The topological polar surface area (TPSA) is 127 Å². The summed E-state index contributed by atoms with van der Waals surface area (Å²) in [5.74, 6) is -1.70. The van der Waals surface area contributed by atoms with E-state index in [2.05, 4.69) is 13.8 Å². The van der Waals surface area contributed by atoms with Crippen LogP contribution in [0.25, 0.3) is 0 Å². The number of nitrogens with two attached hydrogens (primary N) is 2. The van der Waals surface area contributed by atoms with Crippen LogP contribution in [0.2, 0.25) is 0 Å². The third kappa shape index (κ3) is 14.7. The molecule has 6 N–H and O–H groups in total. The highest BCUT2D eigenvalue weighted by molar-refractivity contribution is 8.77. The van der Waals surface area contributed by atoms with Crippen molar-refractivity contribution in [3.63, 3.8) is 0 Å². The molecule has 2 unspecified atom stereocenters. The first-order valence-electron chi connectivity index (χ1n) is 12.6. The van der Waals surface area contributed by atoms with Crippen LogP contribution < -0.4 is 11.5 Å². The number of carbonyl (C=O) groups is 2. The average molecular weight is 493 g/mol. The van der Waals surface area contributed by atoms with E-state index in [1.54, 1.807) is 0 Å². The molecule has 0 spiro atoms. The van der Waals surface area contributed by atoms with Crippen LogP contribution in [0.3, 0.4) is 0 Å².